The SMILES string of the molecule is CCOc1cn(-c2ccccc2)nc1C(=O)NCc1ccc(F)cc1C(F)(F)F. The van der Waals surface area contributed by atoms with Gasteiger partial charge >= 0.3 is 6.18 Å². The van der Waals surface area contributed by atoms with E-state index in [1.165, 1.54) is 10.9 Å². The number of alkyl halides is 3. The summed E-state index contributed by atoms with van der Waals surface area (Å²) in [6.07, 6.45) is -3.22. The van der Waals surface area contributed by atoms with Gasteiger partial charge in [0.2, 0.25) is 0 Å². The van der Waals surface area contributed by atoms with Gasteiger partial charge in [-0.05, 0) is 36.8 Å². The van der Waals surface area contributed by atoms with E-state index in [1.54, 1.807) is 31.2 Å². The fourth-order valence-electron chi connectivity index (χ4n) is 2.72. The van der Waals surface area contributed by atoms with E-state index in [4.69, 9.17) is 4.74 Å². The summed E-state index contributed by atoms with van der Waals surface area (Å²) >= 11 is 0. The molecule has 152 valence electrons. The van der Waals surface area contributed by atoms with Crippen molar-refractivity contribution in [3.05, 3.63) is 77.4 Å². The zero-order valence-electron chi connectivity index (χ0n) is 15.3. The fourth-order valence-corrected chi connectivity index (χ4v) is 2.72. The van der Waals surface area contributed by atoms with Gasteiger partial charge in [0, 0.05) is 6.54 Å². The molecule has 0 aliphatic rings. The molecule has 2 aromatic carbocycles. The highest BCUT2D eigenvalue weighted by molar-refractivity contribution is 5.94. The minimum Gasteiger partial charge on any atom is -0.490 e. The van der Waals surface area contributed by atoms with Crippen molar-refractivity contribution in [1.29, 1.82) is 0 Å². The number of rotatable bonds is 6. The molecule has 1 aromatic heterocycles. The first-order chi connectivity index (χ1) is 13.8. The van der Waals surface area contributed by atoms with Gasteiger partial charge in [-0.1, -0.05) is 24.3 Å². The van der Waals surface area contributed by atoms with Gasteiger partial charge in [-0.15, -0.1) is 0 Å². The summed E-state index contributed by atoms with van der Waals surface area (Å²) in [5.74, 6) is -1.52. The van der Waals surface area contributed by atoms with Gasteiger partial charge in [0.05, 0.1) is 24.1 Å². The Bertz CT molecular complexity index is 1000. The largest absolute Gasteiger partial charge is 0.490 e. The number of benzene rings is 2. The molecule has 0 saturated carbocycles. The minimum absolute atomic E-state index is 0.0635. The van der Waals surface area contributed by atoms with E-state index in [0.29, 0.717) is 11.8 Å². The van der Waals surface area contributed by atoms with E-state index < -0.39 is 30.0 Å². The Morgan fingerprint density at radius 1 is 1.17 bits per heavy atom. The Labute approximate surface area is 163 Å². The van der Waals surface area contributed by atoms with E-state index in [1.807, 2.05) is 6.07 Å². The van der Waals surface area contributed by atoms with Crippen LogP contribution >= 0.6 is 0 Å². The van der Waals surface area contributed by atoms with Crippen molar-refractivity contribution in [1.82, 2.24) is 15.1 Å². The molecule has 3 rings (SSSR count). The number of carbonyl (C=O) groups is 1. The first kappa shape index (κ1) is 20.4. The summed E-state index contributed by atoms with van der Waals surface area (Å²) in [4.78, 5) is 12.6. The van der Waals surface area contributed by atoms with Crippen molar-refractivity contribution in [3.63, 3.8) is 0 Å². The predicted molar refractivity (Wildman–Crippen MR) is 97.3 cm³/mol. The lowest BCUT2D eigenvalue weighted by molar-refractivity contribution is -0.138. The summed E-state index contributed by atoms with van der Waals surface area (Å²) in [6.45, 7) is 1.56. The average molecular weight is 407 g/mol. The van der Waals surface area contributed by atoms with Gasteiger partial charge in [0.1, 0.15) is 5.82 Å². The number of amides is 1. The van der Waals surface area contributed by atoms with E-state index >= 15 is 0 Å². The third kappa shape index (κ3) is 4.74. The Morgan fingerprint density at radius 3 is 2.55 bits per heavy atom. The molecule has 0 unspecified atom stereocenters. The topological polar surface area (TPSA) is 56.2 Å². The Kier molecular flexibility index (Phi) is 5.86. The van der Waals surface area contributed by atoms with Crippen molar-refractivity contribution in [2.24, 2.45) is 0 Å². The first-order valence-electron chi connectivity index (χ1n) is 8.71. The standard InChI is InChI=1S/C20H17F4N3O2/c1-2-29-17-12-27(15-6-4-3-5-7-15)26-18(17)19(28)25-11-13-8-9-14(21)10-16(13)20(22,23)24/h3-10,12H,2,11H2,1H3,(H,25,28). The Hall–Kier alpha value is -3.36. The van der Waals surface area contributed by atoms with E-state index in [2.05, 4.69) is 10.4 Å². The number of para-hydroxylation sites is 1. The van der Waals surface area contributed by atoms with Crippen LogP contribution in [0.4, 0.5) is 17.6 Å². The highest BCUT2D eigenvalue weighted by Gasteiger charge is 2.34. The van der Waals surface area contributed by atoms with Crippen molar-refractivity contribution in [2.45, 2.75) is 19.6 Å². The van der Waals surface area contributed by atoms with Crippen LogP contribution in [0.25, 0.3) is 5.69 Å². The summed E-state index contributed by atoms with van der Waals surface area (Å²) < 4.78 is 59.5. The molecule has 5 nitrogen and oxygen atoms in total. The molecule has 0 aliphatic heterocycles. The van der Waals surface area contributed by atoms with Gasteiger partial charge in [0.25, 0.3) is 5.91 Å². The van der Waals surface area contributed by atoms with E-state index in [9.17, 15) is 22.4 Å². The minimum atomic E-state index is -4.74. The molecule has 1 heterocycles. The third-order valence-electron chi connectivity index (χ3n) is 4.03. The molecule has 0 saturated heterocycles. The van der Waals surface area contributed by atoms with Gasteiger partial charge < -0.3 is 10.1 Å². The summed E-state index contributed by atoms with van der Waals surface area (Å²) in [5.41, 5.74) is -0.776. The maximum absolute atomic E-state index is 13.2. The van der Waals surface area contributed by atoms with Gasteiger partial charge in [-0.2, -0.15) is 18.3 Å². The molecule has 0 atom stereocenters. The Balaban J connectivity index is 1.84. The number of halogens is 4. The molecule has 0 spiro atoms. The lowest BCUT2D eigenvalue weighted by atomic mass is 10.1. The summed E-state index contributed by atoms with van der Waals surface area (Å²) in [6, 6.07) is 11.3. The molecule has 1 amide bonds. The number of nitrogens with zero attached hydrogens (tertiary/aromatic N) is 2. The zero-order valence-corrected chi connectivity index (χ0v) is 15.3. The second-order valence-electron chi connectivity index (χ2n) is 6.04. The molecular weight excluding hydrogens is 390 g/mol. The quantitative estimate of drug-likeness (QED) is 0.618. The molecule has 0 fully saturated rings. The van der Waals surface area contributed by atoms with Crippen molar-refractivity contribution in [3.8, 4) is 11.4 Å². The third-order valence-corrected chi connectivity index (χ3v) is 4.03. The number of carbonyl (C=O) groups excluding carboxylic acids is 1. The number of hydrogen-bond acceptors (Lipinski definition) is 3. The lowest BCUT2D eigenvalue weighted by Crippen LogP contribution is -2.25. The van der Waals surface area contributed by atoms with E-state index in [-0.39, 0.29) is 23.6 Å². The van der Waals surface area contributed by atoms with Gasteiger partial charge in [0.15, 0.2) is 11.4 Å². The van der Waals surface area contributed by atoms with E-state index in [0.717, 1.165) is 12.1 Å². The molecule has 1 N–H and O–H groups in total. The van der Waals surface area contributed by atoms with Crippen molar-refractivity contribution in [2.75, 3.05) is 6.61 Å². The van der Waals surface area contributed by atoms with Crippen LogP contribution in [0.15, 0.2) is 54.7 Å². The highest BCUT2D eigenvalue weighted by Crippen LogP contribution is 2.32. The number of hydrogen-bond donors (Lipinski definition) is 1. The molecule has 9 heteroatoms. The first-order valence-corrected chi connectivity index (χ1v) is 8.71. The molecular formula is C20H17F4N3O2. The second-order valence-corrected chi connectivity index (χ2v) is 6.04. The fraction of sp³-hybridized carbons (Fsp3) is 0.200. The molecule has 0 bridgehead atoms. The maximum Gasteiger partial charge on any atom is 0.416 e. The smallest absolute Gasteiger partial charge is 0.416 e. The molecule has 0 radical (unpaired) electrons. The lowest BCUT2D eigenvalue weighted by Gasteiger charge is -2.13. The van der Waals surface area contributed by atoms with Crippen LogP contribution in [0, 0.1) is 5.82 Å². The second kappa shape index (κ2) is 8.34. The van der Waals surface area contributed by atoms with Crippen LogP contribution < -0.4 is 10.1 Å². The van der Waals surface area contributed by atoms with Crippen LogP contribution in [-0.4, -0.2) is 22.3 Å². The van der Waals surface area contributed by atoms with Gasteiger partial charge in [-0.25, -0.2) is 9.07 Å². The average Bonchev–Trinajstić information content (AvgIpc) is 3.11. The van der Waals surface area contributed by atoms with Crippen LogP contribution in [-0.2, 0) is 12.7 Å². The predicted octanol–water partition coefficient (Wildman–Crippen LogP) is 4.36. The number of aromatic nitrogens is 2. The monoisotopic (exact) mass is 407 g/mol. The van der Waals surface area contributed by atoms with Crippen molar-refractivity contribution >= 4 is 5.91 Å². The Morgan fingerprint density at radius 2 is 1.90 bits per heavy atom. The van der Waals surface area contributed by atoms with Crippen LogP contribution in [0.3, 0.4) is 0 Å². The van der Waals surface area contributed by atoms with Crippen molar-refractivity contribution < 1.29 is 27.1 Å². The molecule has 29 heavy (non-hydrogen) atoms. The maximum atomic E-state index is 13.2. The van der Waals surface area contributed by atoms with Crippen LogP contribution in [0.2, 0.25) is 0 Å². The van der Waals surface area contributed by atoms with Crippen LogP contribution in [0.1, 0.15) is 28.5 Å². The van der Waals surface area contributed by atoms with Gasteiger partial charge in [-0.3, -0.25) is 4.79 Å². The van der Waals surface area contributed by atoms with Crippen LogP contribution in [0.5, 0.6) is 5.75 Å². The summed E-state index contributed by atoms with van der Waals surface area (Å²) in [7, 11) is 0. The normalized spacial score (nSPS) is 11.3. The zero-order chi connectivity index (χ0) is 21.0. The molecule has 0 aliphatic carbocycles. The number of nitrogens with one attached hydrogen (secondary N) is 1. The number of ether oxygens (including phenoxy) is 1. The summed E-state index contributed by atoms with van der Waals surface area (Å²) in [5, 5.41) is 6.59. The highest BCUT2D eigenvalue weighted by atomic mass is 19.4. The molecule has 3 aromatic rings.